The van der Waals surface area contributed by atoms with E-state index in [9.17, 15) is 28.1 Å². The van der Waals surface area contributed by atoms with Gasteiger partial charge in [-0.05, 0) is 19.4 Å². The van der Waals surface area contributed by atoms with E-state index < -0.39 is 22.5 Å². The van der Waals surface area contributed by atoms with Gasteiger partial charge in [-0.2, -0.15) is 13.2 Å². The maximum absolute atomic E-state index is 12.6. The van der Waals surface area contributed by atoms with Crippen LogP contribution in [0.2, 0.25) is 0 Å². The Balaban J connectivity index is 3.08. The van der Waals surface area contributed by atoms with Crippen LogP contribution < -0.4 is 11.1 Å². The predicted molar refractivity (Wildman–Crippen MR) is 65.1 cm³/mol. The fourth-order valence-electron chi connectivity index (χ4n) is 1.24. The Morgan fingerprint density at radius 2 is 1.95 bits per heavy atom. The summed E-state index contributed by atoms with van der Waals surface area (Å²) < 4.78 is 37.8. The third kappa shape index (κ3) is 3.05. The molecule has 0 fully saturated rings. The van der Waals surface area contributed by atoms with E-state index in [1.54, 1.807) is 0 Å². The van der Waals surface area contributed by atoms with Crippen LogP contribution in [0, 0.1) is 17.0 Å². The Morgan fingerprint density at radius 1 is 1.40 bits per heavy atom. The van der Waals surface area contributed by atoms with Crippen molar-refractivity contribution in [3.05, 3.63) is 33.9 Å². The van der Waals surface area contributed by atoms with Crippen LogP contribution in [0.25, 0.3) is 0 Å². The molecule has 1 amide bonds. The number of amides is 1. The summed E-state index contributed by atoms with van der Waals surface area (Å²) in [4.78, 5) is 21.5. The molecule has 0 radical (unpaired) electrons. The van der Waals surface area contributed by atoms with Crippen LogP contribution in [0.15, 0.2) is 18.2 Å². The van der Waals surface area contributed by atoms with Crippen molar-refractivity contribution in [2.45, 2.75) is 25.6 Å². The number of rotatable bonds is 3. The van der Waals surface area contributed by atoms with Gasteiger partial charge in [0.1, 0.15) is 0 Å². The summed E-state index contributed by atoms with van der Waals surface area (Å²) in [6.45, 7) is 2.01. The zero-order chi connectivity index (χ0) is 15.7. The molecule has 0 aliphatic carbocycles. The standard InChI is InChI=1S/C11H12F3N3O3/c1-6-3-4-7(17(19)20)5-8(6)16-9(18)10(2,15)11(12,13)14/h3-5H,15H2,1-2H3,(H,16,18). The average molecular weight is 291 g/mol. The van der Waals surface area contributed by atoms with Crippen molar-refractivity contribution in [1.82, 2.24) is 0 Å². The van der Waals surface area contributed by atoms with Gasteiger partial charge >= 0.3 is 6.18 Å². The second kappa shape index (κ2) is 5.08. The van der Waals surface area contributed by atoms with Crippen molar-refractivity contribution in [3.8, 4) is 0 Å². The molecule has 20 heavy (non-hydrogen) atoms. The van der Waals surface area contributed by atoms with Crippen LogP contribution >= 0.6 is 0 Å². The third-order valence-corrected chi connectivity index (χ3v) is 2.74. The van der Waals surface area contributed by atoms with Crippen LogP contribution in [-0.2, 0) is 4.79 Å². The molecular formula is C11H12F3N3O3. The number of aryl methyl sites for hydroxylation is 1. The second-order valence-corrected chi connectivity index (χ2v) is 4.41. The van der Waals surface area contributed by atoms with E-state index in [0.717, 1.165) is 6.07 Å². The molecule has 0 spiro atoms. The van der Waals surface area contributed by atoms with Gasteiger partial charge in [-0.3, -0.25) is 14.9 Å². The molecule has 110 valence electrons. The maximum Gasteiger partial charge on any atom is 0.415 e. The summed E-state index contributed by atoms with van der Waals surface area (Å²) in [7, 11) is 0. The quantitative estimate of drug-likeness (QED) is 0.658. The molecule has 0 aromatic heterocycles. The summed E-state index contributed by atoms with van der Waals surface area (Å²) >= 11 is 0. The Bertz CT molecular complexity index is 556. The van der Waals surface area contributed by atoms with Gasteiger partial charge in [0.2, 0.25) is 0 Å². The largest absolute Gasteiger partial charge is 0.415 e. The number of carbonyl (C=O) groups excluding carboxylic acids is 1. The van der Waals surface area contributed by atoms with Crippen LogP contribution in [-0.4, -0.2) is 22.5 Å². The number of nitrogens with two attached hydrogens (primary N) is 1. The molecule has 0 aliphatic heterocycles. The van der Waals surface area contributed by atoms with Crippen molar-refractivity contribution >= 4 is 17.3 Å². The van der Waals surface area contributed by atoms with Crippen molar-refractivity contribution in [1.29, 1.82) is 0 Å². The molecule has 9 heteroatoms. The number of nitrogens with zero attached hydrogens (tertiary/aromatic N) is 1. The van der Waals surface area contributed by atoms with Crippen molar-refractivity contribution in [3.63, 3.8) is 0 Å². The van der Waals surface area contributed by atoms with Gasteiger partial charge in [-0.15, -0.1) is 0 Å². The molecule has 1 unspecified atom stereocenters. The Kier molecular flexibility index (Phi) is 4.04. The van der Waals surface area contributed by atoms with Gasteiger partial charge in [0.05, 0.1) is 10.6 Å². The summed E-state index contributed by atoms with van der Waals surface area (Å²) in [5, 5.41) is 12.6. The maximum atomic E-state index is 12.6. The smallest absolute Gasteiger partial charge is 0.324 e. The second-order valence-electron chi connectivity index (χ2n) is 4.41. The monoisotopic (exact) mass is 291 g/mol. The van der Waals surface area contributed by atoms with Crippen LogP contribution in [0.1, 0.15) is 12.5 Å². The first-order valence-electron chi connectivity index (χ1n) is 5.39. The zero-order valence-electron chi connectivity index (χ0n) is 10.6. The van der Waals surface area contributed by atoms with Gasteiger partial charge in [-0.1, -0.05) is 6.07 Å². The number of non-ortho nitro benzene ring substituents is 1. The molecule has 1 atom stereocenters. The van der Waals surface area contributed by atoms with Gasteiger partial charge in [-0.25, -0.2) is 0 Å². The fourth-order valence-corrected chi connectivity index (χ4v) is 1.24. The number of hydrogen-bond acceptors (Lipinski definition) is 4. The molecule has 1 aromatic carbocycles. The minimum atomic E-state index is -4.94. The van der Waals surface area contributed by atoms with Crippen LogP contribution in [0.4, 0.5) is 24.5 Å². The summed E-state index contributed by atoms with van der Waals surface area (Å²) in [6, 6.07) is 3.46. The molecule has 0 saturated heterocycles. The highest BCUT2D eigenvalue weighted by Gasteiger charge is 2.54. The molecule has 1 aromatic rings. The summed E-state index contributed by atoms with van der Waals surface area (Å²) in [5.41, 5.74) is 1.80. The molecule has 1 rings (SSSR count). The predicted octanol–water partition coefficient (Wildman–Crippen LogP) is 2.12. The van der Waals surface area contributed by atoms with E-state index in [2.05, 4.69) is 0 Å². The van der Waals surface area contributed by atoms with Gasteiger partial charge < -0.3 is 11.1 Å². The molecule has 0 saturated carbocycles. The van der Waals surface area contributed by atoms with Crippen LogP contribution in [0.5, 0.6) is 0 Å². The molecule has 0 bridgehead atoms. The highest BCUT2D eigenvalue weighted by molar-refractivity contribution is 5.99. The van der Waals surface area contributed by atoms with E-state index in [4.69, 9.17) is 5.73 Å². The topological polar surface area (TPSA) is 98.3 Å². The number of halogens is 3. The zero-order valence-corrected chi connectivity index (χ0v) is 10.6. The Labute approximate surface area is 111 Å². The SMILES string of the molecule is Cc1ccc([N+](=O)[O-])cc1NC(=O)C(C)(N)C(F)(F)F. The minimum Gasteiger partial charge on any atom is -0.324 e. The number of alkyl halides is 3. The number of nitro benzene ring substituents is 1. The number of benzene rings is 1. The molecule has 0 heterocycles. The lowest BCUT2D eigenvalue weighted by Gasteiger charge is -2.26. The van der Waals surface area contributed by atoms with Gasteiger partial charge in [0.15, 0.2) is 5.54 Å². The molecule has 3 N–H and O–H groups in total. The Morgan fingerprint density at radius 3 is 2.40 bits per heavy atom. The van der Waals surface area contributed by atoms with E-state index in [0.29, 0.717) is 12.5 Å². The Hall–Kier alpha value is -2.16. The number of nitro groups is 1. The molecular weight excluding hydrogens is 279 g/mol. The van der Waals surface area contributed by atoms with E-state index >= 15 is 0 Å². The highest BCUT2D eigenvalue weighted by Crippen LogP contribution is 2.30. The van der Waals surface area contributed by atoms with Crippen molar-refractivity contribution < 1.29 is 22.9 Å². The highest BCUT2D eigenvalue weighted by atomic mass is 19.4. The number of anilines is 1. The average Bonchev–Trinajstić information content (AvgIpc) is 2.29. The fraction of sp³-hybridized carbons (Fsp3) is 0.364. The van der Waals surface area contributed by atoms with Crippen molar-refractivity contribution in [2.75, 3.05) is 5.32 Å². The third-order valence-electron chi connectivity index (χ3n) is 2.74. The van der Waals surface area contributed by atoms with Gasteiger partial charge in [0.25, 0.3) is 11.6 Å². The lowest BCUT2D eigenvalue weighted by molar-refractivity contribution is -0.384. The molecule has 6 nitrogen and oxygen atoms in total. The lowest BCUT2D eigenvalue weighted by Crippen LogP contribution is -2.59. The van der Waals surface area contributed by atoms with E-state index in [1.807, 2.05) is 5.32 Å². The van der Waals surface area contributed by atoms with Crippen molar-refractivity contribution in [2.24, 2.45) is 5.73 Å². The number of hydrogen-bond donors (Lipinski definition) is 2. The lowest BCUT2D eigenvalue weighted by atomic mass is 10.0. The normalized spacial score (nSPS) is 14.5. The minimum absolute atomic E-state index is 0.0925. The first-order valence-corrected chi connectivity index (χ1v) is 5.39. The first-order chi connectivity index (χ1) is 8.96. The van der Waals surface area contributed by atoms with E-state index in [-0.39, 0.29) is 11.4 Å². The summed E-state index contributed by atoms with van der Waals surface area (Å²) in [6.07, 6.45) is -4.94. The van der Waals surface area contributed by atoms with Crippen LogP contribution in [0.3, 0.4) is 0 Å². The van der Waals surface area contributed by atoms with E-state index in [1.165, 1.54) is 19.1 Å². The number of carbonyl (C=O) groups is 1. The number of nitrogens with one attached hydrogen (secondary N) is 1. The first kappa shape index (κ1) is 15.9. The van der Waals surface area contributed by atoms with Gasteiger partial charge in [0, 0.05) is 12.1 Å². The summed E-state index contributed by atoms with van der Waals surface area (Å²) in [5.74, 6) is -1.49. The molecule has 0 aliphatic rings.